The monoisotopic (exact) mass is 224 g/mol. The Kier molecular flexibility index (Phi) is 2.06. The van der Waals surface area contributed by atoms with Crippen molar-refractivity contribution in [3.63, 3.8) is 0 Å². The van der Waals surface area contributed by atoms with Crippen molar-refractivity contribution in [2.45, 2.75) is 25.7 Å². The first-order valence-electron chi connectivity index (χ1n) is 6.00. The Labute approximate surface area is 102 Å². The standard InChI is InChI=1S/C16H16O/c1-11-4-3-5-15-14(11)10-16(15,2)12-6-8-13(17)9-7-12/h3-9,17H,10H2,1-2H3. The maximum absolute atomic E-state index is 9.35. The van der Waals surface area contributed by atoms with Crippen LogP contribution in [0, 0.1) is 6.92 Å². The van der Waals surface area contributed by atoms with E-state index in [-0.39, 0.29) is 5.41 Å². The number of benzene rings is 2. The van der Waals surface area contributed by atoms with Gasteiger partial charge in [0.25, 0.3) is 0 Å². The zero-order chi connectivity index (χ0) is 12.0. The molecule has 1 unspecified atom stereocenters. The molecule has 0 aliphatic heterocycles. The van der Waals surface area contributed by atoms with Crippen LogP contribution < -0.4 is 0 Å². The fraction of sp³-hybridized carbons (Fsp3) is 0.250. The Hall–Kier alpha value is -1.76. The Morgan fingerprint density at radius 3 is 2.47 bits per heavy atom. The summed E-state index contributed by atoms with van der Waals surface area (Å²) in [6, 6.07) is 14.1. The number of aromatic hydroxyl groups is 1. The maximum atomic E-state index is 9.35. The molecule has 86 valence electrons. The Bertz CT molecular complexity index is 569. The van der Waals surface area contributed by atoms with Crippen LogP contribution in [0.25, 0.3) is 0 Å². The van der Waals surface area contributed by atoms with E-state index in [4.69, 9.17) is 0 Å². The molecule has 2 aromatic rings. The zero-order valence-corrected chi connectivity index (χ0v) is 10.2. The van der Waals surface area contributed by atoms with E-state index in [1.165, 1.54) is 22.3 Å². The second-order valence-electron chi connectivity index (χ2n) is 5.16. The van der Waals surface area contributed by atoms with Crippen molar-refractivity contribution < 1.29 is 5.11 Å². The molecule has 0 bridgehead atoms. The number of hydrogen-bond donors (Lipinski definition) is 1. The van der Waals surface area contributed by atoms with Gasteiger partial charge in [0.2, 0.25) is 0 Å². The molecule has 2 aromatic carbocycles. The van der Waals surface area contributed by atoms with Gasteiger partial charge in [-0.15, -0.1) is 0 Å². The van der Waals surface area contributed by atoms with Crippen LogP contribution in [-0.4, -0.2) is 5.11 Å². The highest BCUT2D eigenvalue weighted by atomic mass is 16.3. The zero-order valence-electron chi connectivity index (χ0n) is 10.2. The molecule has 0 aromatic heterocycles. The Balaban J connectivity index is 2.08. The van der Waals surface area contributed by atoms with Gasteiger partial charge in [-0.3, -0.25) is 0 Å². The molecular formula is C16H16O. The van der Waals surface area contributed by atoms with Crippen molar-refractivity contribution in [2.75, 3.05) is 0 Å². The van der Waals surface area contributed by atoms with Crippen molar-refractivity contribution in [3.8, 4) is 5.75 Å². The highest BCUT2D eigenvalue weighted by Gasteiger charge is 2.40. The molecule has 0 radical (unpaired) electrons. The van der Waals surface area contributed by atoms with Crippen molar-refractivity contribution in [2.24, 2.45) is 0 Å². The van der Waals surface area contributed by atoms with Crippen molar-refractivity contribution >= 4 is 0 Å². The molecule has 1 aliphatic carbocycles. The molecule has 3 rings (SSSR count). The van der Waals surface area contributed by atoms with E-state index in [9.17, 15) is 5.11 Å². The van der Waals surface area contributed by atoms with E-state index in [0.717, 1.165) is 6.42 Å². The average Bonchev–Trinajstić information content (AvgIpc) is 2.31. The van der Waals surface area contributed by atoms with Crippen molar-refractivity contribution in [3.05, 3.63) is 64.7 Å². The first-order chi connectivity index (χ1) is 8.11. The number of fused-ring (bicyclic) bond motifs is 1. The van der Waals surface area contributed by atoms with Crippen molar-refractivity contribution in [1.82, 2.24) is 0 Å². The number of phenolic OH excluding ortho intramolecular Hbond substituents is 1. The number of rotatable bonds is 1. The number of phenols is 1. The van der Waals surface area contributed by atoms with Gasteiger partial charge >= 0.3 is 0 Å². The van der Waals surface area contributed by atoms with Gasteiger partial charge in [-0.1, -0.05) is 37.3 Å². The van der Waals surface area contributed by atoms with Crippen LogP contribution in [0.1, 0.15) is 29.2 Å². The van der Waals surface area contributed by atoms with Crippen LogP contribution in [0.5, 0.6) is 5.75 Å². The summed E-state index contributed by atoms with van der Waals surface area (Å²) in [6.45, 7) is 4.45. The van der Waals surface area contributed by atoms with E-state index >= 15 is 0 Å². The SMILES string of the molecule is Cc1cccc2c1CC2(C)c1ccc(O)cc1. The van der Waals surface area contributed by atoms with E-state index in [0.29, 0.717) is 5.75 Å². The lowest BCUT2D eigenvalue weighted by atomic mass is 9.60. The highest BCUT2D eigenvalue weighted by molar-refractivity contribution is 5.55. The second kappa shape index (κ2) is 3.36. The van der Waals surface area contributed by atoms with E-state index in [2.05, 4.69) is 32.0 Å². The number of aryl methyl sites for hydroxylation is 1. The van der Waals surface area contributed by atoms with Gasteiger partial charge < -0.3 is 5.11 Å². The van der Waals surface area contributed by atoms with Crippen LogP contribution in [0.15, 0.2) is 42.5 Å². The highest BCUT2D eigenvalue weighted by Crippen LogP contribution is 2.47. The lowest BCUT2D eigenvalue weighted by Crippen LogP contribution is -2.37. The summed E-state index contributed by atoms with van der Waals surface area (Å²) in [6.07, 6.45) is 1.10. The molecule has 1 aliphatic rings. The minimum absolute atomic E-state index is 0.120. The summed E-state index contributed by atoms with van der Waals surface area (Å²) in [7, 11) is 0. The fourth-order valence-corrected chi connectivity index (χ4v) is 2.88. The predicted octanol–water partition coefficient (Wildman–Crippen LogP) is 3.56. The van der Waals surface area contributed by atoms with E-state index in [1.807, 2.05) is 12.1 Å². The molecule has 0 heterocycles. The molecule has 17 heavy (non-hydrogen) atoms. The third kappa shape index (κ3) is 1.39. The summed E-state index contributed by atoms with van der Waals surface area (Å²) in [5.74, 6) is 0.334. The van der Waals surface area contributed by atoms with Crippen LogP contribution in [-0.2, 0) is 11.8 Å². The summed E-state index contributed by atoms with van der Waals surface area (Å²) in [5, 5.41) is 9.35. The molecule has 1 N–H and O–H groups in total. The maximum Gasteiger partial charge on any atom is 0.115 e. The van der Waals surface area contributed by atoms with Gasteiger partial charge in [0.1, 0.15) is 5.75 Å². The van der Waals surface area contributed by atoms with Crippen molar-refractivity contribution in [1.29, 1.82) is 0 Å². The molecule has 0 amide bonds. The van der Waals surface area contributed by atoms with Gasteiger partial charge in [-0.25, -0.2) is 0 Å². The lowest BCUT2D eigenvalue weighted by Gasteiger charge is -2.43. The first kappa shape index (κ1) is 10.4. The molecule has 1 atom stereocenters. The molecule has 0 saturated heterocycles. The van der Waals surface area contributed by atoms with Gasteiger partial charge in [0, 0.05) is 5.41 Å². The third-order valence-electron chi connectivity index (χ3n) is 4.04. The lowest BCUT2D eigenvalue weighted by molar-refractivity contribution is 0.470. The molecule has 1 nitrogen and oxygen atoms in total. The van der Waals surface area contributed by atoms with Gasteiger partial charge in [0.05, 0.1) is 0 Å². The predicted molar refractivity (Wildman–Crippen MR) is 69.4 cm³/mol. The molecule has 1 heteroatoms. The summed E-state index contributed by atoms with van der Waals surface area (Å²) in [5.41, 5.74) is 5.72. The van der Waals surface area contributed by atoms with E-state index < -0.39 is 0 Å². The molecular weight excluding hydrogens is 208 g/mol. The Morgan fingerprint density at radius 2 is 1.76 bits per heavy atom. The number of hydrogen-bond acceptors (Lipinski definition) is 1. The minimum atomic E-state index is 0.120. The largest absolute Gasteiger partial charge is 0.508 e. The third-order valence-corrected chi connectivity index (χ3v) is 4.04. The van der Waals surface area contributed by atoms with Crippen LogP contribution in [0.2, 0.25) is 0 Å². The normalized spacial score (nSPS) is 21.8. The van der Waals surface area contributed by atoms with Gasteiger partial charge in [0.15, 0.2) is 0 Å². The van der Waals surface area contributed by atoms with Gasteiger partial charge in [-0.2, -0.15) is 0 Å². The molecule has 0 fully saturated rings. The molecule has 0 spiro atoms. The second-order valence-corrected chi connectivity index (χ2v) is 5.16. The first-order valence-corrected chi connectivity index (χ1v) is 6.00. The minimum Gasteiger partial charge on any atom is -0.508 e. The summed E-state index contributed by atoms with van der Waals surface area (Å²) in [4.78, 5) is 0. The van der Waals surface area contributed by atoms with Crippen LogP contribution in [0.3, 0.4) is 0 Å². The average molecular weight is 224 g/mol. The van der Waals surface area contributed by atoms with Gasteiger partial charge in [-0.05, 0) is 47.7 Å². The fourth-order valence-electron chi connectivity index (χ4n) is 2.88. The smallest absolute Gasteiger partial charge is 0.115 e. The van der Waals surface area contributed by atoms with Crippen LogP contribution in [0.4, 0.5) is 0 Å². The Morgan fingerprint density at radius 1 is 1.06 bits per heavy atom. The summed E-state index contributed by atoms with van der Waals surface area (Å²) < 4.78 is 0. The van der Waals surface area contributed by atoms with Crippen LogP contribution >= 0.6 is 0 Å². The molecule has 0 saturated carbocycles. The quantitative estimate of drug-likeness (QED) is 0.785. The summed E-state index contributed by atoms with van der Waals surface area (Å²) >= 11 is 0. The van der Waals surface area contributed by atoms with E-state index in [1.54, 1.807) is 12.1 Å². The topological polar surface area (TPSA) is 20.2 Å².